The Hall–Kier alpha value is -3.12. The maximum absolute atomic E-state index is 14.1. The van der Waals surface area contributed by atoms with Gasteiger partial charge in [0.15, 0.2) is 16.3 Å². The highest BCUT2D eigenvalue weighted by Crippen LogP contribution is 2.36. The Morgan fingerprint density at radius 2 is 1.82 bits per heavy atom. The lowest BCUT2D eigenvalue weighted by molar-refractivity contribution is -0.127. The maximum Gasteiger partial charge on any atom is 0.271 e. The van der Waals surface area contributed by atoms with Crippen LogP contribution in [0.1, 0.15) is 43.5 Å². The summed E-state index contributed by atoms with van der Waals surface area (Å²) >= 11 is 16.0. The van der Waals surface area contributed by atoms with Crippen LogP contribution in [0.4, 0.5) is 0 Å². The summed E-state index contributed by atoms with van der Waals surface area (Å²) in [5.41, 5.74) is 3.24. The molecule has 0 saturated heterocycles. The average molecular weight is 762 g/mol. The van der Waals surface area contributed by atoms with E-state index in [0.717, 1.165) is 20.3 Å². The van der Waals surface area contributed by atoms with Crippen LogP contribution in [0.2, 0.25) is 10.0 Å². The first-order chi connectivity index (χ1) is 21.2. The normalized spacial score (nSPS) is 14.7. The minimum Gasteiger partial charge on any atom is -0.493 e. The highest BCUT2D eigenvalue weighted by atomic mass is 127. The smallest absolute Gasteiger partial charge is 0.271 e. The van der Waals surface area contributed by atoms with Gasteiger partial charge in [0.2, 0.25) is 0 Å². The van der Waals surface area contributed by atoms with E-state index in [0.29, 0.717) is 55.2 Å². The van der Waals surface area contributed by atoms with Crippen molar-refractivity contribution in [3.05, 3.63) is 122 Å². The zero-order valence-electron chi connectivity index (χ0n) is 24.6. The summed E-state index contributed by atoms with van der Waals surface area (Å²) in [6.07, 6.45) is 1.82. The van der Waals surface area contributed by atoms with Crippen LogP contribution >= 0.6 is 57.1 Å². The van der Waals surface area contributed by atoms with Gasteiger partial charge in [0, 0.05) is 28.7 Å². The van der Waals surface area contributed by atoms with Gasteiger partial charge in [-0.3, -0.25) is 14.2 Å². The van der Waals surface area contributed by atoms with Crippen LogP contribution in [0, 0.1) is 3.57 Å². The number of carbonyl (C=O) groups is 1. The van der Waals surface area contributed by atoms with E-state index in [9.17, 15) is 9.59 Å². The fraction of sp³-hybridized carbons (Fsp3) is 0.242. The Morgan fingerprint density at radius 1 is 1.11 bits per heavy atom. The van der Waals surface area contributed by atoms with Gasteiger partial charge in [0.1, 0.15) is 6.61 Å². The highest BCUT2D eigenvalue weighted by Gasteiger charge is 2.34. The number of ether oxygens (including phenoxy) is 2. The Bertz CT molecular complexity index is 1930. The van der Waals surface area contributed by atoms with E-state index in [2.05, 4.69) is 22.6 Å². The van der Waals surface area contributed by atoms with Gasteiger partial charge in [-0.25, -0.2) is 4.99 Å². The highest BCUT2D eigenvalue weighted by molar-refractivity contribution is 14.1. The van der Waals surface area contributed by atoms with Gasteiger partial charge in [-0.1, -0.05) is 64.9 Å². The number of allylic oxidation sites excluding steroid dienone is 1. The zero-order valence-corrected chi connectivity index (χ0v) is 29.1. The molecule has 0 aliphatic carbocycles. The minimum atomic E-state index is -0.644. The van der Waals surface area contributed by atoms with Crippen LogP contribution in [0.5, 0.6) is 11.5 Å². The minimum absolute atomic E-state index is 0.142. The summed E-state index contributed by atoms with van der Waals surface area (Å²) in [6, 6.07) is 17.9. The molecule has 1 atom stereocenters. The van der Waals surface area contributed by atoms with Gasteiger partial charge < -0.3 is 14.4 Å². The predicted octanol–water partition coefficient (Wildman–Crippen LogP) is 6.60. The molecule has 1 aliphatic rings. The summed E-state index contributed by atoms with van der Waals surface area (Å²) in [7, 11) is 1.58. The van der Waals surface area contributed by atoms with Gasteiger partial charge >= 0.3 is 0 Å². The molecule has 3 aromatic carbocycles. The number of halogens is 3. The van der Waals surface area contributed by atoms with Crippen LogP contribution in [0.15, 0.2) is 81.7 Å². The number of thiazole rings is 1. The maximum atomic E-state index is 14.1. The number of methoxy groups -OCH3 is 1. The van der Waals surface area contributed by atoms with E-state index in [1.807, 2.05) is 75.4 Å². The third-order valence-electron chi connectivity index (χ3n) is 7.37. The molecule has 2 heterocycles. The fourth-order valence-corrected chi connectivity index (χ4v) is 7.26. The number of carbonyl (C=O) groups excluding carboxylic acids is 1. The van der Waals surface area contributed by atoms with Crippen LogP contribution in [-0.2, 0) is 11.4 Å². The molecule has 4 aromatic rings. The number of aromatic nitrogens is 1. The number of hydrogen-bond donors (Lipinski definition) is 0. The van der Waals surface area contributed by atoms with E-state index in [4.69, 9.17) is 37.7 Å². The molecule has 0 unspecified atom stereocenters. The van der Waals surface area contributed by atoms with Gasteiger partial charge in [-0.05, 0) is 90.9 Å². The van der Waals surface area contributed by atoms with Crippen molar-refractivity contribution in [2.75, 3.05) is 20.2 Å². The van der Waals surface area contributed by atoms with Crippen molar-refractivity contribution in [1.82, 2.24) is 9.47 Å². The molecule has 0 fully saturated rings. The van der Waals surface area contributed by atoms with Crippen LogP contribution in [-0.4, -0.2) is 35.6 Å². The molecule has 5 rings (SSSR count). The standard InChI is InChI=1S/C33H30Cl2IN3O4S/c1-5-38(6-2)32(41)28-19(3)37-33-39(29(28)21-11-13-23(34)14-12-21)31(40)27(44-33)17-20-15-25(36)30(26(16-20)42-4)43-18-22-9-7-8-10-24(22)35/h7-17,29H,5-6,18H2,1-4H3/b27-17+/t29-/m0/s1. The third kappa shape index (κ3) is 6.47. The summed E-state index contributed by atoms with van der Waals surface area (Å²) in [4.78, 5) is 34.9. The Balaban J connectivity index is 1.59. The Labute approximate surface area is 283 Å². The lowest BCUT2D eigenvalue weighted by atomic mass is 9.94. The van der Waals surface area contributed by atoms with E-state index in [1.165, 1.54) is 11.3 Å². The summed E-state index contributed by atoms with van der Waals surface area (Å²) < 4.78 is 14.7. The second-order valence-electron chi connectivity index (χ2n) is 10.0. The average Bonchev–Trinajstić information content (AvgIpc) is 3.31. The van der Waals surface area contributed by atoms with Crippen LogP contribution in [0.3, 0.4) is 0 Å². The molecule has 1 aromatic heterocycles. The van der Waals surface area contributed by atoms with E-state index in [-0.39, 0.29) is 18.1 Å². The molecule has 11 heteroatoms. The number of hydrogen-bond acceptors (Lipinski definition) is 6. The third-order valence-corrected chi connectivity index (χ3v) is 9.77. The quantitative estimate of drug-likeness (QED) is 0.180. The second kappa shape index (κ2) is 13.9. The summed E-state index contributed by atoms with van der Waals surface area (Å²) in [5, 5.41) is 1.20. The monoisotopic (exact) mass is 761 g/mol. The number of nitrogens with zero attached hydrogens (tertiary/aromatic N) is 3. The van der Waals surface area contributed by atoms with Crippen molar-refractivity contribution >= 4 is 69.1 Å². The first-order valence-corrected chi connectivity index (χ1v) is 16.6. The molecule has 0 radical (unpaired) electrons. The number of benzene rings is 3. The molecule has 0 bridgehead atoms. The van der Waals surface area contributed by atoms with Crippen molar-refractivity contribution in [2.45, 2.75) is 33.4 Å². The lowest BCUT2D eigenvalue weighted by Gasteiger charge is -2.29. The Kier molecular flexibility index (Phi) is 10.2. The molecule has 1 amide bonds. The van der Waals surface area contributed by atoms with E-state index < -0.39 is 6.04 Å². The molecular weight excluding hydrogens is 732 g/mol. The molecule has 44 heavy (non-hydrogen) atoms. The van der Waals surface area contributed by atoms with Gasteiger partial charge in [0.05, 0.1) is 32.5 Å². The number of likely N-dealkylation sites (N-methyl/N-ethyl adjacent to an activating group) is 1. The van der Waals surface area contributed by atoms with Crippen molar-refractivity contribution in [3.63, 3.8) is 0 Å². The zero-order chi connectivity index (χ0) is 31.5. The van der Waals surface area contributed by atoms with Gasteiger partial charge in [-0.15, -0.1) is 0 Å². The van der Waals surface area contributed by atoms with Crippen molar-refractivity contribution in [2.24, 2.45) is 4.99 Å². The summed E-state index contributed by atoms with van der Waals surface area (Å²) in [6.45, 7) is 7.07. The number of amides is 1. The Morgan fingerprint density at radius 3 is 2.48 bits per heavy atom. The molecule has 1 aliphatic heterocycles. The molecule has 0 spiro atoms. The van der Waals surface area contributed by atoms with Crippen LogP contribution in [0.25, 0.3) is 6.08 Å². The summed E-state index contributed by atoms with van der Waals surface area (Å²) in [5.74, 6) is 0.978. The van der Waals surface area contributed by atoms with Crippen molar-refractivity contribution < 1.29 is 14.3 Å². The van der Waals surface area contributed by atoms with E-state index >= 15 is 0 Å². The van der Waals surface area contributed by atoms with E-state index in [1.54, 1.807) is 28.7 Å². The predicted molar refractivity (Wildman–Crippen MR) is 185 cm³/mol. The van der Waals surface area contributed by atoms with Gasteiger partial charge in [-0.2, -0.15) is 0 Å². The van der Waals surface area contributed by atoms with Gasteiger partial charge in [0.25, 0.3) is 11.5 Å². The van der Waals surface area contributed by atoms with Crippen molar-refractivity contribution in [1.29, 1.82) is 0 Å². The number of fused-ring (bicyclic) bond motifs is 1. The molecule has 0 N–H and O–H groups in total. The largest absolute Gasteiger partial charge is 0.493 e. The SMILES string of the molecule is CCN(CC)C(=O)C1=C(C)N=c2s/c(=C/c3cc(I)c(OCc4ccccc4Cl)c(OC)c3)c(=O)n2[C@H]1c1ccc(Cl)cc1. The molecule has 0 saturated carbocycles. The van der Waals surface area contributed by atoms with Crippen molar-refractivity contribution in [3.8, 4) is 11.5 Å². The first kappa shape index (κ1) is 32.3. The lowest BCUT2D eigenvalue weighted by Crippen LogP contribution is -2.43. The second-order valence-corrected chi connectivity index (χ2v) is 13.0. The topological polar surface area (TPSA) is 73.1 Å². The number of rotatable bonds is 9. The first-order valence-electron chi connectivity index (χ1n) is 14.0. The van der Waals surface area contributed by atoms with Crippen LogP contribution < -0.4 is 24.4 Å². The molecular formula is C33H30Cl2IN3O4S. The molecule has 228 valence electrons. The molecule has 7 nitrogen and oxygen atoms in total. The fourth-order valence-electron chi connectivity index (χ4n) is 5.12.